The van der Waals surface area contributed by atoms with Crippen molar-refractivity contribution < 1.29 is 18.4 Å². The number of amides is 2. The van der Waals surface area contributed by atoms with E-state index in [1.54, 1.807) is 15.9 Å². The molecule has 3 rings (SSSR count). The lowest BCUT2D eigenvalue weighted by molar-refractivity contribution is -0.128. The normalized spacial score (nSPS) is 17.0. The molecular formula is C18H18F2N2O2S2. The molecule has 2 heterocycles. The van der Waals surface area contributed by atoms with Crippen LogP contribution in [0, 0.1) is 11.6 Å². The predicted octanol–water partition coefficient (Wildman–Crippen LogP) is 3.76. The third kappa shape index (κ3) is 3.91. The summed E-state index contributed by atoms with van der Waals surface area (Å²) in [5, 5.41) is 1.34. The van der Waals surface area contributed by atoms with Crippen LogP contribution in [0.3, 0.4) is 0 Å². The molecule has 138 valence electrons. The molecule has 2 aromatic rings. The summed E-state index contributed by atoms with van der Waals surface area (Å²) in [4.78, 5) is 28.6. The summed E-state index contributed by atoms with van der Waals surface area (Å²) >= 11 is 2.68. The molecule has 0 radical (unpaired) electrons. The summed E-state index contributed by atoms with van der Waals surface area (Å²) in [5.74, 6) is -1.25. The summed E-state index contributed by atoms with van der Waals surface area (Å²) in [6.07, 6.45) is 0. The van der Waals surface area contributed by atoms with Crippen LogP contribution in [0.4, 0.5) is 8.78 Å². The fraction of sp³-hybridized carbons (Fsp3) is 0.333. The van der Waals surface area contributed by atoms with Crippen LogP contribution in [-0.2, 0) is 4.79 Å². The predicted molar refractivity (Wildman–Crippen MR) is 99.2 cm³/mol. The molecule has 0 N–H and O–H groups in total. The van der Waals surface area contributed by atoms with Gasteiger partial charge in [-0.05, 0) is 24.4 Å². The number of halogens is 2. The number of carbonyl (C=O) groups excluding carboxylic acids is 2. The van der Waals surface area contributed by atoms with Gasteiger partial charge in [-0.1, -0.05) is 12.1 Å². The zero-order valence-corrected chi connectivity index (χ0v) is 15.8. The second-order valence-corrected chi connectivity index (χ2v) is 7.79. The summed E-state index contributed by atoms with van der Waals surface area (Å²) in [6, 6.07) is 6.99. The van der Waals surface area contributed by atoms with Gasteiger partial charge in [-0.15, -0.1) is 23.1 Å². The fourth-order valence-corrected chi connectivity index (χ4v) is 4.77. The van der Waals surface area contributed by atoms with E-state index in [-0.39, 0.29) is 23.1 Å². The minimum Gasteiger partial charge on any atom is -0.336 e. The average molecular weight is 396 g/mol. The van der Waals surface area contributed by atoms with Gasteiger partial charge in [-0.25, -0.2) is 8.78 Å². The minimum atomic E-state index is -0.663. The van der Waals surface area contributed by atoms with E-state index in [0.29, 0.717) is 24.5 Å². The highest BCUT2D eigenvalue weighted by atomic mass is 32.2. The zero-order valence-electron chi connectivity index (χ0n) is 14.2. The molecule has 1 aliphatic heterocycles. The van der Waals surface area contributed by atoms with Crippen LogP contribution in [-0.4, -0.2) is 47.0 Å². The van der Waals surface area contributed by atoms with Gasteiger partial charge in [0, 0.05) is 31.3 Å². The van der Waals surface area contributed by atoms with E-state index in [0.717, 1.165) is 6.07 Å². The molecule has 1 fully saturated rings. The Bertz CT molecular complexity index is 798. The topological polar surface area (TPSA) is 40.6 Å². The number of likely N-dealkylation sites (N-methyl/N-ethyl adjacent to an activating group) is 1. The van der Waals surface area contributed by atoms with Crippen molar-refractivity contribution in [3.8, 4) is 0 Å². The number of benzene rings is 1. The van der Waals surface area contributed by atoms with E-state index < -0.39 is 17.0 Å². The van der Waals surface area contributed by atoms with Crippen molar-refractivity contribution in [3.63, 3.8) is 0 Å². The second-order valence-electron chi connectivity index (χ2n) is 5.78. The smallest absolute Gasteiger partial charge is 0.263 e. The number of thiophene rings is 1. The Morgan fingerprint density at radius 1 is 1.35 bits per heavy atom. The monoisotopic (exact) mass is 396 g/mol. The van der Waals surface area contributed by atoms with Gasteiger partial charge in [0.15, 0.2) is 0 Å². The first-order chi connectivity index (χ1) is 12.5. The maximum atomic E-state index is 14.1. The Morgan fingerprint density at radius 2 is 2.15 bits per heavy atom. The standard InChI is InChI=1S/C18H18F2N2O2S2/c1-2-21(17(24)15-4-3-9-25-15)7-8-22-16(23)11-26-18(22)13-6-5-12(19)10-14(13)20/h3-6,9-10,18H,2,7-8,11H2,1H3/t18-/m0/s1. The maximum absolute atomic E-state index is 14.1. The molecule has 0 aliphatic carbocycles. The van der Waals surface area contributed by atoms with Gasteiger partial charge < -0.3 is 9.80 Å². The van der Waals surface area contributed by atoms with Gasteiger partial charge in [0.2, 0.25) is 5.91 Å². The molecule has 0 unspecified atom stereocenters. The average Bonchev–Trinajstić information content (AvgIpc) is 3.26. The number of carbonyl (C=O) groups is 2. The maximum Gasteiger partial charge on any atom is 0.263 e. The van der Waals surface area contributed by atoms with Crippen molar-refractivity contribution >= 4 is 34.9 Å². The third-order valence-electron chi connectivity index (χ3n) is 4.21. The highest BCUT2D eigenvalue weighted by Crippen LogP contribution is 2.39. The Balaban J connectivity index is 1.72. The first-order valence-corrected chi connectivity index (χ1v) is 10.1. The lowest BCUT2D eigenvalue weighted by atomic mass is 10.2. The molecular weight excluding hydrogens is 378 g/mol. The highest BCUT2D eigenvalue weighted by Gasteiger charge is 2.34. The van der Waals surface area contributed by atoms with Crippen LogP contribution in [0.25, 0.3) is 0 Å². The van der Waals surface area contributed by atoms with Crippen molar-refractivity contribution in [3.05, 3.63) is 57.8 Å². The van der Waals surface area contributed by atoms with Crippen LogP contribution < -0.4 is 0 Å². The molecule has 1 aromatic carbocycles. The lowest BCUT2D eigenvalue weighted by Crippen LogP contribution is -2.40. The Hall–Kier alpha value is -1.93. The second kappa shape index (κ2) is 8.18. The van der Waals surface area contributed by atoms with Crippen molar-refractivity contribution in [1.29, 1.82) is 0 Å². The minimum absolute atomic E-state index is 0.0775. The molecule has 4 nitrogen and oxygen atoms in total. The van der Waals surface area contributed by atoms with E-state index in [4.69, 9.17) is 0 Å². The first-order valence-electron chi connectivity index (χ1n) is 8.20. The van der Waals surface area contributed by atoms with Crippen LogP contribution in [0.5, 0.6) is 0 Å². The summed E-state index contributed by atoms with van der Waals surface area (Å²) in [5.41, 5.74) is 0.287. The summed E-state index contributed by atoms with van der Waals surface area (Å²) in [6.45, 7) is 3.06. The van der Waals surface area contributed by atoms with Gasteiger partial charge in [0.25, 0.3) is 5.91 Å². The van der Waals surface area contributed by atoms with Gasteiger partial charge in [0.1, 0.15) is 17.0 Å². The number of rotatable bonds is 6. The molecule has 26 heavy (non-hydrogen) atoms. The molecule has 1 saturated heterocycles. The third-order valence-corrected chi connectivity index (χ3v) is 6.30. The fourth-order valence-electron chi connectivity index (χ4n) is 2.84. The number of hydrogen-bond donors (Lipinski definition) is 0. The number of thioether (sulfide) groups is 1. The Labute approximate surface area is 158 Å². The summed E-state index contributed by atoms with van der Waals surface area (Å²) < 4.78 is 27.3. The lowest BCUT2D eigenvalue weighted by Gasteiger charge is -2.28. The van der Waals surface area contributed by atoms with Crippen LogP contribution in [0.15, 0.2) is 35.7 Å². The molecule has 0 saturated carbocycles. The zero-order chi connectivity index (χ0) is 18.7. The number of nitrogens with zero attached hydrogens (tertiary/aromatic N) is 2. The Kier molecular flexibility index (Phi) is 5.93. The van der Waals surface area contributed by atoms with E-state index in [2.05, 4.69) is 0 Å². The van der Waals surface area contributed by atoms with E-state index in [9.17, 15) is 18.4 Å². The van der Waals surface area contributed by atoms with Gasteiger partial charge in [-0.3, -0.25) is 9.59 Å². The highest BCUT2D eigenvalue weighted by molar-refractivity contribution is 8.00. The molecule has 0 spiro atoms. The van der Waals surface area contributed by atoms with Gasteiger partial charge in [-0.2, -0.15) is 0 Å². The van der Waals surface area contributed by atoms with Crippen molar-refractivity contribution in [2.45, 2.75) is 12.3 Å². The quantitative estimate of drug-likeness (QED) is 0.747. The SMILES string of the molecule is CCN(CCN1C(=O)CS[C@H]1c1ccc(F)cc1F)C(=O)c1cccs1. The summed E-state index contributed by atoms with van der Waals surface area (Å²) in [7, 11) is 0. The first kappa shape index (κ1) is 18.8. The van der Waals surface area contributed by atoms with Crippen molar-refractivity contribution in [1.82, 2.24) is 9.80 Å². The van der Waals surface area contributed by atoms with E-state index in [1.807, 2.05) is 18.4 Å². The largest absolute Gasteiger partial charge is 0.336 e. The molecule has 8 heteroatoms. The van der Waals surface area contributed by atoms with Crippen molar-refractivity contribution in [2.75, 3.05) is 25.4 Å². The van der Waals surface area contributed by atoms with Crippen molar-refractivity contribution in [2.24, 2.45) is 0 Å². The molecule has 0 bridgehead atoms. The molecule has 1 aliphatic rings. The molecule has 1 aromatic heterocycles. The number of hydrogen-bond acceptors (Lipinski definition) is 4. The van der Waals surface area contributed by atoms with Crippen LogP contribution in [0.2, 0.25) is 0 Å². The van der Waals surface area contributed by atoms with Crippen LogP contribution in [0.1, 0.15) is 27.5 Å². The Morgan fingerprint density at radius 3 is 2.81 bits per heavy atom. The van der Waals surface area contributed by atoms with E-state index >= 15 is 0 Å². The van der Waals surface area contributed by atoms with E-state index in [1.165, 1.54) is 35.2 Å². The van der Waals surface area contributed by atoms with Gasteiger partial charge in [0.05, 0.1) is 10.6 Å². The molecule has 2 amide bonds. The molecule has 1 atom stereocenters. The van der Waals surface area contributed by atoms with Crippen LogP contribution >= 0.6 is 23.1 Å². The van der Waals surface area contributed by atoms with Gasteiger partial charge >= 0.3 is 0 Å².